The Morgan fingerprint density at radius 2 is 1.54 bits per heavy atom. The Bertz CT molecular complexity index is 585. The molecule has 1 fully saturated rings. The van der Waals surface area contributed by atoms with Gasteiger partial charge in [0.1, 0.15) is 0 Å². The third-order valence-corrected chi connectivity index (χ3v) is 6.01. The summed E-state index contributed by atoms with van der Waals surface area (Å²) in [5.41, 5.74) is 6.14. The van der Waals surface area contributed by atoms with E-state index in [4.69, 9.17) is 0 Å². The van der Waals surface area contributed by atoms with Crippen LogP contribution in [0.2, 0.25) is 0 Å². The first-order chi connectivity index (χ1) is 13.7. The first-order valence-electron chi connectivity index (χ1n) is 11.6. The molecule has 1 amide bonds. The summed E-state index contributed by atoms with van der Waals surface area (Å²) in [6.45, 7) is 4.21. The van der Waals surface area contributed by atoms with Crippen LogP contribution in [0.4, 0.5) is 0 Å². The zero-order valence-electron chi connectivity index (χ0n) is 18.1. The molecular weight excluding hydrogens is 344 g/mol. The number of nitrogens with zero attached hydrogens (tertiary/aromatic N) is 1. The molecule has 0 unspecified atom stereocenters. The van der Waals surface area contributed by atoms with Crippen molar-refractivity contribution in [1.29, 1.82) is 0 Å². The Morgan fingerprint density at radius 1 is 0.929 bits per heavy atom. The average molecular weight is 385 g/mol. The van der Waals surface area contributed by atoms with Crippen LogP contribution >= 0.6 is 0 Å². The Labute approximate surface area is 172 Å². The second-order valence-electron chi connectivity index (χ2n) is 8.41. The number of hydrogen-bond donors (Lipinski definition) is 1. The highest BCUT2D eigenvalue weighted by Gasteiger charge is 2.15. The first kappa shape index (κ1) is 22.6. The summed E-state index contributed by atoms with van der Waals surface area (Å²) in [4.78, 5) is 12.0. The van der Waals surface area contributed by atoms with Crippen LogP contribution in [-0.4, -0.2) is 11.6 Å². The van der Waals surface area contributed by atoms with Crippen LogP contribution in [0.25, 0.3) is 0 Å². The van der Waals surface area contributed by atoms with Crippen molar-refractivity contribution in [1.82, 2.24) is 5.43 Å². The number of hydrazone groups is 1. The highest BCUT2D eigenvalue weighted by atomic mass is 16.2. The lowest BCUT2D eigenvalue weighted by Crippen LogP contribution is -2.18. The van der Waals surface area contributed by atoms with Gasteiger partial charge in [-0.05, 0) is 43.2 Å². The van der Waals surface area contributed by atoms with Gasteiger partial charge >= 0.3 is 0 Å². The molecule has 0 spiro atoms. The molecule has 1 aliphatic rings. The molecule has 0 aliphatic heterocycles. The fourth-order valence-electron chi connectivity index (χ4n) is 4.12. The average Bonchev–Trinajstić information content (AvgIpc) is 2.74. The summed E-state index contributed by atoms with van der Waals surface area (Å²) in [6, 6.07) is 8.78. The van der Waals surface area contributed by atoms with E-state index in [1.54, 1.807) is 0 Å². The van der Waals surface area contributed by atoms with Crippen molar-refractivity contribution in [3.8, 4) is 0 Å². The molecule has 1 aliphatic carbocycles. The van der Waals surface area contributed by atoms with Crippen LogP contribution in [0.3, 0.4) is 0 Å². The van der Waals surface area contributed by atoms with Crippen LogP contribution in [-0.2, 0) is 4.79 Å². The van der Waals surface area contributed by atoms with E-state index in [1.807, 2.05) is 6.92 Å². The molecule has 1 aromatic rings. The maximum absolute atomic E-state index is 12.0. The van der Waals surface area contributed by atoms with Crippen molar-refractivity contribution >= 4 is 11.6 Å². The normalized spacial score (nSPS) is 15.6. The number of amides is 1. The molecular formula is C25H40N2O. The lowest BCUT2D eigenvalue weighted by Gasteiger charge is -2.22. The van der Waals surface area contributed by atoms with E-state index in [2.05, 4.69) is 41.7 Å². The monoisotopic (exact) mass is 384 g/mol. The van der Waals surface area contributed by atoms with E-state index in [9.17, 15) is 4.79 Å². The summed E-state index contributed by atoms with van der Waals surface area (Å²) in [5, 5.41) is 4.30. The Kier molecular flexibility index (Phi) is 10.9. The molecule has 3 nitrogen and oxygen atoms in total. The Balaban J connectivity index is 1.65. The van der Waals surface area contributed by atoms with Gasteiger partial charge < -0.3 is 0 Å². The van der Waals surface area contributed by atoms with Gasteiger partial charge in [0.15, 0.2) is 0 Å². The van der Waals surface area contributed by atoms with Crippen LogP contribution in [0, 0.1) is 0 Å². The van der Waals surface area contributed by atoms with Crippen molar-refractivity contribution in [3.63, 3.8) is 0 Å². The molecule has 3 heteroatoms. The predicted molar refractivity (Wildman–Crippen MR) is 120 cm³/mol. The summed E-state index contributed by atoms with van der Waals surface area (Å²) in [5.74, 6) is 0.760. The first-order valence-corrected chi connectivity index (χ1v) is 11.6. The topological polar surface area (TPSA) is 41.5 Å². The summed E-state index contributed by atoms with van der Waals surface area (Å²) in [6.07, 6.45) is 17.3. The molecule has 1 saturated carbocycles. The van der Waals surface area contributed by atoms with Crippen LogP contribution in [0.15, 0.2) is 29.4 Å². The van der Waals surface area contributed by atoms with Gasteiger partial charge in [0, 0.05) is 6.42 Å². The molecule has 2 rings (SSSR count). The van der Waals surface area contributed by atoms with Gasteiger partial charge in [-0.15, -0.1) is 0 Å². The number of unbranched alkanes of at least 4 members (excludes halogenated alkanes) is 7. The van der Waals surface area contributed by atoms with Crippen molar-refractivity contribution in [2.24, 2.45) is 5.10 Å². The van der Waals surface area contributed by atoms with E-state index >= 15 is 0 Å². The molecule has 0 atom stereocenters. The zero-order chi connectivity index (χ0) is 20.0. The fourth-order valence-corrected chi connectivity index (χ4v) is 4.12. The molecule has 1 N–H and O–H groups in total. The van der Waals surface area contributed by atoms with E-state index in [1.165, 1.54) is 76.2 Å². The number of benzene rings is 1. The summed E-state index contributed by atoms with van der Waals surface area (Å²) >= 11 is 0. The highest BCUT2D eigenvalue weighted by molar-refractivity contribution is 5.99. The predicted octanol–water partition coefficient (Wildman–Crippen LogP) is 7.11. The maximum Gasteiger partial charge on any atom is 0.240 e. The summed E-state index contributed by atoms with van der Waals surface area (Å²) in [7, 11) is 0. The van der Waals surface area contributed by atoms with E-state index in [0.717, 1.165) is 30.0 Å². The largest absolute Gasteiger partial charge is 0.273 e. The molecule has 0 radical (unpaired) electrons. The van der Waals surface area contributed by atoms with Gasteiger partial charge in [-0.1, -0.05) is 95.4 Å². The van der Waals surface area contributed by atoms with Gasteiger partial charge in [0.25, 0.3) is 0 Å². The molecule has 1 aromatic carbocycles. The third kappa shape index (κ3) is 8.58. The minimum atomic E-state index is 0.0316. The van der Waals surface area contributed by atoms with Gasteiger partial charge in [-0.3, -0.25) is 4.79 Å². The minimum Gasteiger partial charge on any atom is -0.273 e. The van der Waals surface area contributed by atoms with E-state index in [0.29, 0.717) is 6.42 Å². The van der Waals surface area contributed by atoms with Crippen LogP contribution in [0.1, 0.15) is 121 Å². The number of hydrogen-bond acceptors (Lipinski definition) is 2. The second-order valence-corrected chi connectivity index (χ2v) is 8.41. The standard InChI is InChI=1S/C25H40N2O/c1-3-4-5-6-7-8-9-13-16-25(28)27-26-21(2)22-17-19-24(20-18-22)23-14-11-10-12-15-23/h17-20,23H,3-16H2,1-2H3,(H,27,28)/b26-21+. The Morgan fingerprint density at radius 3 is 2.18 bits per heavy atom. The van der Waals surface area contributed by atoms with Crippen molar-refractivity contribution < 1.29 is 4.79 Å². The van der Waals surface area contributed by atoms with Gasteiger partial charge in [-0.25, -0.2) is 5.43 Å². The molecule has 0 bridgehead atoms. The van der Waals surface area contributed by atoms with E-state index in [-0.39, 0.29) is 5.91 Å². The van der Waals surface area contributed by atoms with Gasteiger partial charge in [-0.2, -0.15) is 5.10 Å². The number of rotatable bonds is 12. The number of carbonyl (C=O) groups excluding carboxylic acids is 1. The quantitative estimate of drug-likeness (QED) is 0.233. The van der Waals surface area contributed by atoms with Crippen molar-refractivity contribution in [2.75, 3.05) is 0 Å². The molecule has 0 heterocycles. The lowest BCUT2D eigenvalue weighted by atomic mass is 9.84. The third-order valence-electron chi connectivity index (χ3n) is 6.01. The highest BCUT2D eigenvalue weighted by Crippen LogP contribution is 2.32. The molecule has 156 valence electrons. The van der Waals surface area contributed by atoms with Gasteiger partial charge in [0.05, 0.1) is 5.71 Å². The number of carbonyl (C=O) groups is 1. The van der Waals surface area contributed by atoms with Crippen molar-refractivity contribution in [2.45, 2.75) is 110 Å². The second kappa shape index (κ2) is 13.5. The van der Waals surface area contributed by atoms with Gasteiger partial charge in [0.2, 0.25) is 5.91 Å². The summed E-state index contributed by atoms with van der Waals surface area (Å²) < 4.78 is 0. The minimum absolute atomic E-state index is 0.0316. The molecule has 0 aromatic heterocycles. The maximum atomic E-state index is 12.0. The zero-order valence-corrected chi connectivity index (χ0v) is 18.1. The lowest BCUT2D eigenvalue weighted by molar-refractivity contribution is -0.121. The Hall–Kier alpha value is -1.64. The molecule has 28 heavy (non-hydrogen) atoms. The smallest absolute Gasteiger partial charge is 0.240 e. The van der Waals surface area contributed by atoms with Crippen molar-refractivity contribution in [3.05, 3.63) is 35.4 Å². The SMILES string of the molecule is CCCCCCCCCCC(=O)N/N=C(\C)c1ccc(C2CCCCC2)cc1. The molecule has 0 saturated heterocycles. The van der Waals surface area contributed by atoms with E-state index < -0.39 is 0 Å². The fraction of sp³-hybridized carbons (Fsp3) is 0.680. The van der Waals surface area contributed by atoms with Crippen LogP contribution < -0.4 is 5.43 Å². The van der Waals surface area contributed by atoms with Crippen LogP contribution in [0.5, 0.6) is 0 Å². The number of nitrogens with one attached hydrogen (secondary N) is 1.